The van der Waals surface area contributed by atoms with E-state index in [0.29, 0.717) is 12.5 Å². The van der Waals surface area contributed by atoms with E-state index in [2.05, 4.69) is 13.8 Å². The maximum atomic E-state index is 11.2. The van der Waals surface area contributed by atoms with Crippen molar-refractivity contribution in [2.75, 3.05) is 19.6 Å². The smallest absolute Gasteiger partial charge is 0.231 e. The van der Waals surface area contributed by atoms with Crippen LogP contribution in [-0.2, 0) is 4.79 Å². The summed E-state index contributed by atoms with van der Waals surface area (Å²) in [6, 6.07) is 3.70. The fourth-order valence-electron chi connectivity index (χ4n) is 2.05. The van der Waals surface area contributed by atoms with Crippen molar-refractivity contribution >= 4 is 5.91 Å². The maximum Gasteiger partial charge on any atom is 0.231 e. The van der Waals surface area contributed by atoms with Gasteiger partial charge in [0.25, 0.3) is 0 Å². The van der Waals surface area contributed by atoms with Crippen LogP contribution in [0.3, 0.4) is 0 Å². The lowest BCUT2D eigenvalue weighted by atomic mass is 10.1. The van der Waals surface area contributed by atoms with Gasteiger partial charge < -0.3 is 15.9 Å². The van der Waals surface area contributed by atoms with Gasteiger partial charge in [-0.05, 0) is 25.0 Å². The Kier molecular flexibility index (Phi) is 5.37. The zero-order chi connectivity index (χ0) is 13.7. The number of carbonyl (C=O) groups is 1. The molecule has 1 atom stereocenters. The van der Waals surface area contributed by atoms with Gasteiger partial charge in [0, 0.05) is 13.1 Å². The molecule has 5 nitrogen and oxygen atoms in total. The van der Waals surface area contributed by atoms with Gasteiger partial charge in [-0.25, -0.2) is 0 Å². The molecule has 1 amide bonds. The number of hydrogen-bond acceptors (Lipinski definition) is 4. The Labute approximate surface area is 108 Å². The molecule has 0 aliphatic heterocycles. The lowest BCUT2D eigenvalue weighted by Gasteiger charge is -2.29. The van der Waals surface area contributed by atoms with Gasteiger partial charge >= 0.3 is 0 Å². The van der Waals surface area contributed by atoms with E-state index in [1.54, 1.807) is 0 Å². The first kappa shape index (κ1) is 14.7. The van der Waals surface area contributed by atoms with E-state index < -0.39 is 0 Å². The summed E-state index contributed by atoms with van der Waals surface area (Å²) in [5.74, 6) is 1.70. The largest absolute Gasteiger partial charge is 0.465 e. The number of carbonyl (C=O) groups excluding carboxylic acids is 1. The lowest BCUT2D eigenvalue weighted by molar-refractivity contribution is -0.119. The molecule has 5 heteroatoms. The van der Waals surface area contributed by atoms with Crippen LogP contribution in [0.5, 0.6) is 0 Å². The van der Waals surface area contributed by atoms with Crippen molar-refractivity contribution in [1.82, 2.24) is 4.90 Å². The topological polar surface area (TPSA) is 85.5 Å². The van der Waals surface area contributed by atoms with E-state index in [9.17, 15) is 4.79 Å². The number of amides is 1. The van der Waals surface area contributed by atoms with E-state index in [1.807, 2.05) is 24.0 Å². The zero-order valence-electron chi connectivity index (χ0n) is 11.3. The minimum atomic E-state index is -0.350. The Bertz CT molecular complexity index is 387. The average molecular weight is 253 g/mol. The second-order valence-electron chi connectivity index (χ2n) is 4.99. The van der Waals surface area contributed by atoms with Gasteiger partial charge in [0.2, 0.25) is 5.91 Å². The minimum absolute atomic E-state index is 0.103. The Morgan fingerprint density at radius 2 is 2.11 bits per heavy atom. The predicted molar refractivity (Wildman–Crippen MR) is 70.8 cm³/mol. The minimum Gasteiger partial charge on any atom is -0.465 e. The summed E-state index contributed by atoms with van der Waals surface area (Å²) in [7, 11) is 0. The van der Waals surface area contributed by atoms with Crippen molar-refractivity contribution in [2.45, 2.75) is 26.8 Å². The van der Waals surface area contributed by atoms with Crippen LogP contribution < -0.4 is 11.5 Å². The molecular formula is C13H23N3O2. The highest BCUT2D eigenvalue weighted by Crippen LogP contribution is 2.22. The van der Waals surface area contributed by atoms with Crippen molar-refractivity contribution in [3.63, 3.8) is 0 Å². The van der Waals surface area contributed by atoms with E-state index in [0.717, 1.165) is 18.1 Å². The molecule has 102 valence electrons. The first-order chi connectivity index (χ1) is 8.43. The van der Waals surface area contributed by atoms with Crippen LogP contribution in [0.25, 0.3) is 0 Å². The van der Waals surface area contributed by atoms with Gasteiger partial charge in [0.1, 0.15) is 11.5 Å². The predicted octanol–water partition coefficient (Wildman–Crippen LogP) is 1.03. The highest BCUT2D eigenvalue weighted by Gasteiger charge is 2.23. The summed E-state index contributed by atoms with van der Waals surface area (Å²) in [5, 5.41) is 0. The van der Waals surface area contributed by atoms with Crippen molar-refractivity contribution in [2.24, 2.45) is 17.4 Å². The molecule has 0 aromatic carbocycles. The van der Waals surface area contributed by atoms with Gasteiger partial charge in [0.15, 0.2) is 0 Å². The quantitative estimate of drug-likeness (QED) is 0.760. The highest BCUT2D eigenvalue weighted by molar-refractivity contribution is 5.76. The van der Waals surface area contributed by atoms with Crippen LogP contribution in [0.2, 0.25) is 0 Å². The fraction of sp³-hybridized carbons (Fsp3) is 0.615. The molecule has 0 aliphatic carbocycles. The molecule has 18 heavy (non-hydrogen) atoms. The average Bonchev–Trinajstić information content (AvgIpc) is 2.64. The molecule has 0 saturated carbocycles. The third kappa shape index (κ3) is 4.16. The number of hydrogen-bond donors (Lipinski definition) is 2. The van der Waals surface area contributed by atoms with E-state index in [1.165, 1.54) is 0 Å². The molecule has 1 unspecified atom stereocenters. The molecule has 1 rings (SSSR count). The second kappa shape index (κ2) is 6.56. The van der Waals surface area contributed by atoms with Crippen LogP contribution in [0.15, 0.2) is 16.5 Å². The van der Waals surface area contributed by atoms with E-state index in [-0.39, 0.29) is 18.5 Å². The number of nitrogens with two attached hydrogens (primary N) is 2. The van der Waals surface area contributed by atoms with Crippen molar-refractivity contribution < 1.29 is 9.21 Å². The molecule has 0 fully saturated rings. The molecule has 1 aromatic heterocycles. The summed E-state index contributed by atoms with van der Waals surface area (Å²) in [6.45, 7) is 7.42. The van der Waals surface area contributed by atoms with Gasteiger partial charge in [-0.1, -0.05) is 13.8 Å². The van der Waals surface area contributed by atoms with Crippen molar-refractivity contribution in [3.8, 4) is 0 Å². The first-order valence-electron chi connectivity index (χ1n) is 6.22. The maximum absolute atomic E-state index is 11.2. The number of primary amides is 1. The molecular weight excluding hydrogens is 230 g/mol. The molecule has 0 saturated heterocycles. The van der Waals surface area contributed by atoms with Crippen LogP contribution in [-0.4, -0.2) is 30.4 Å². The van der Waals surface area contributed by atoms with E-state index in [4.69, 9.17) is 15.9 Å². The Hall–Kier alpha value is -1.33. The zero-order valence-corrected chi connectivity index (χ0v) is 11.3. The summed E-state index contributed by atoms with van der Waals surface area (Å²) < 4.78 is 5.61. The first-order valence-corrected chi connectivity index (χ1v) is 6.22. The third-order valence-corrected chi connectivity index (χ3v) is 2.71. The molecule has 0 aliphatic rings. The van der Waals surface area contributed by atoms with E-state index >= 15 is 0 Å². The van der Waals surface area contributed by atoms with Gasteiger partial charge in [-0.15, -0.1) is 0 Å². The van der Waals surface area contributed by atoms with Gasteiger partial charge in [-0.3, -0.25) is 9.69 Å². The van der Waals surface area contributed by atoms with Crippen LogP contribution in [0, 0.1) is 12.8 Å². The van der Waals surface area contributed by atoms with Gasteiger partial charge in [-0.2, -0.15) is 0 Å². The molecule has 1 heterocycles. The second-order valence-corrected chi connectivity index (χ2v) is 4.99. The van der Waals surface area contributed by atoms with Crippen LogP contribution >= 0.6 is 0 Å². The molecule has 0 spiro atoms. The summed E-state index contributed by atoms with van der Waals surface area (Å²) >= 11 is 0. The standard InChI is InChI=1S/C13H23N3O2/c1-9(2)7-16(8-13(15)17)11(6-14)12-5-4-10(3)18-12/h4-5,9,11H,6-8,14H2,1-3H3,(H2,15,17). The summed E-state index contributed by atoms with van der Waals surface area (Å²) in [5.41, 5.74) is 11.1. The summed E-state index contributed by atoms with van der Waals surface area (Å²) in [6.07, 6.45) is 0. The normalized spacial score (nSPS) is 13.2. The number of aryl methyl sites for hydroxylation is 1. The van der Waals surface area contributed by atoms with Gasteiger partial charge in [0.05, 0.1) is 12.6 Å². The number of furan rings is 1. The molecule has 1 aromatic rings. The highest BCUT2D eigenvalue weighted by atomic mass is 16.3. The Morgan fingerprint density at radius 1 is 1.44 bits per heavy atom. The van der Waals surface area contributed by atoms with Crippen molar-refractivity contribution in [1.29, 1.82) is 0 Å². The molecule has 0 bridgehead atoms. The lowest BCUT2D eigenvalue weighted by Crippen LogP contribution is -2.41. The van der Waals surface area contributed by atoms with Crippen LogP contribution in [0.4, 0.5) is 0 Å². The molecule has 0 radical (unpaired) electrons. The monoisotopic (exact) mass is 253 g/mol. The molecule has 4 N–H and O–H groups in total. The fourth-order valence-corrected chi connectivity index (χ4v) is 2.05. The Morgan fingerprint density at radius 3 is 2.50 bits per heavy atom. The number of nitrogens with zero attached hydrogens (tertiary/aromatic N) is 1. The Balaban J connectivity index is 2.88. The van der Waals surface area contributed by atoms with Crippen molar-refractivity contribution in [3.05, 3.63) is 23.7 Å². The third-order valence-electron chi connectivity index (χ3n) is 2.71. The van der Waals surface area contributed by atoms with Crippen LogP contribution in [0.1, 0.15) is 31.4 Å². The number of rotatable bonds is 7. The summed E-state index contributed by atoms with van der Waals surface area (Å²) in [4.78, 5) is 13.1. The SMILES string of the molecule is Cc1ccc(C(CN)N(CC(N)=O)CC(C)C)o1.